The number of benzene rings is 1. The van der Waals surface area contributed by atoms with Crippen molar-refractivity contribution in [2.24, 2.45) is 11.7 Å². The molecule has 0 saturated carbocycles. The van der Waals surface area contributed by atoms with Crippen molar-refractivity contribution < 1.29 is 9.47 Å². The first kappa shape index (κ1) is 18.1. The zero-order chi connectivity index (χ0) is 14.5. The largest absolute Gasteiger partial charge is 0.497 e. The lowest BCUT2D eigenvalue weighted by molar-refractivity contribution is 0.153. The van der Waals surface area contributed by atoms with Crippen LogP contribution in [0, 0.1) is 5.92 Å². The first-order chi connectivity index (χ1) is 9.63. The van der Waals surface area contributed by atoms with E-state index in [4.69, 9.17) is 15.2 Å². The molecule has 0 amide bonds. The Kier molecular flexibility index (Phi) is 7.29. The van der Waals surface area contributed by atoms with Crippen LogP contribution < -0.4 is 15.2 Å². The number of methoxy groups -OCH3 is 2. The van der Waals surface area contributed by atoms with Gasteiger partial charge in [0.1, 0.15) is 11.5 Å². The average Bonchev–Trinajstić information content (AvgIpc) is 2.47. The Morgan fingerprint density at radius 3 is 2.71 bits per heavy atom. The number of ether oxygens (including phenoxy) is 2. The fourth-order valence-corrected chi connectivity index (χ4v) is 2.91. The number of likely N-dealkylation sites (tertiary alicyclic amines) is 1. The predicted molar refractivity (Wildman–Crippen MR) is 88.4 cm³/mol. The SMILES string of the molecule is COc1ccc(OC)c(CN2CCCC(C(C)N)C2)c1.Cl. The van der Waals surface area contributed by atoms with Crippen LogP contribution in [0.1, 0.15) is 25.3 Å². The lowest BCUT2D eigenvalue weighted by atomic mass is 9.92. The van der Waals surface area contributed by atoms with Crippen molar-refractivity contribution in [2.75, 3.05) is 27.3 Å². The van der Waals surface area contributed by atoms with Crippen LogP contribution in [0.25, 0.3) is 0 Å². The summed E-state index contributed by atoms with van der Waals surface area (Å²) in [6, 6.07) is 6.24. The summed E-state index contributed by atoms with van der Waals surface area (Å²) in [7, 11) is 3.41. The summed E-state index contributed by atoms with van der Waals surface area (Å²) in [5.41, 5.74) is 7.23. The lowest BCUT2D eigenvalue weighted by Crippen LogP contribution is -2.41. The molecule has 1 fully saturated rings. The van der Waals surface area contributed by atoms with Crippen molar-refractivity contribution in [3.8, 4) is 11.5 Å². The zero-order valence-electron chi connectivity index (χ0n) is 13.2. The van der Waals surface area contributed by atoms with Crippen molar-refractivity contribution in [2.45, 2.75) is 32.4 Å². The highest BCUT2D eigenvalue weighted by atomic mass is 35.5. The third kappa shape index (κ3) is 4.77. The minimum absolute atomic E-state index is 0. The third-order valence-electron chi connectivity index (χ3n) is 4.17. The summed E-state index contributed by atoms with van der Waals surface area (Å²) >= 11 is 0. The Hall–Kier alpha value is -0.970. The molecule has 0 bridgehead atoms. The van der Waals surface area contributed by atoms with Gasteiger partial charge in [0.05, 0.1) is 14.2 Å². The highest BCUT2D eigenvalue weighted by molar-refractivity contribution is 5.85. The maximum Gasteiger partial charge on any atom is 0.123 e. The van der Waals surface area contributed by atoms with Crippen molar-refractivity contribution in [1.29, 1.82) is 0 Å². The van der Waals surface area contributed by atoms with Gasteiger partial charge in [0.15, 0.2) is 0 Å². The number of hydrogen-bond acceptors (Lipinski definition) is 4. The first-order valence-electron chi connectivity index (χ1n) is 7.33. The van der Waals surface area contributed by atoms with Gasteiger partial charge in [0.25, 0.3) is 0 Å². The summed E-state index contributed by atoms with van der Waals surface area (Å²) < 4.78 is 10.8. The van der Waals surface area contributed by atoms with Gasteiger partial charge in [0, 0.05) is 24.7 Å². The van der Waals surface area contributed by atoms with E-state index in [0.29, 0.717) is 5.92 Å². The van der Waals surface area contributed by atoms with E-state index in [1.807, 2.05) is 12.1 Å². The molecule has 0 spiro atoms. The number of nitrogens with zero attached hydrogens (tertiary/aromatic N) is 1. The van der Waals surface area contributed by atoms with Crippen LogP contribution >= 0.6 is 12.4 Å². The van der Waals surface area contributed by atoms with Gasteiger partial charge in [-0.15, -0.1) is 12.4 Å². The number of hydrogen-bond donors (Lipinski definition) is 1. The molecule has 2 N–H and O–H groups in total. The van der Waals surface area contributed by atoms with Gasteiger partial charge in [-0.25, -0.2) is 0 Å². The zero-order valence-corrected chi connectivity index (χ0v) is 14.0. The fourth-order valence-electron chi connectivity index (χ4n) is 2.91. The quantitative estimate of drug-likeness (QED) is 0.908. The molecule has 1 aliphatic heterocycles. The molecule has 0 radical (unpaired) electrons. The van der Waals surface area contributed by atoms with Crippen LogP contribution in [0.2, 0.25) is 0 Å². The molecule has 21 heavy (non-hydrogen) atoms. The molecule has 1 aromatic rings. The summed E-state index contributed by atoms with van der Waals surface area (Å²) in [5, 5.41) is 0. The van der Waals surface area contributed by atoms with Gasteiger partial charge in [-0.1, -0.05) is 0 Å². The first-order valence-corrected chi connectivity index (χ1v) is 7.33. The average molecular weight is 315 g/mol. The predicted octanol–water partition coefficient (Wildman–Crippen LogP) is 2.68. The van der Waals surface area contributed by atoms with E-state index in [9.17, 15) is 0 Å². The molecule has 1 aliphatic rings. The van der Waals surface area contributed by atoms with Gasteiger partial charge in [-0.05, 0) is 50.4 Å². The second-order valence-corrected chi connectivity index (χ2v) is 5.67. The topological polar surface area (TPSA) is 47.7 Å². The Morgan fingerprint density at radius 1 is 1.33 bits per heavy atom. The van der Waals surface area contributed by atoms with Crippen LogP contribution in [-0.4, -0.2) is 38.3 Å². The van der Waals surface area contributed by atoms with Crippen molar-refractivity contribution in [1.82, 2.24) is 4.90 Å². The molecule has 1 aromatic carbocycles. The van der Waals surface area contributed by atoms with E-state index in [-0.39, 0.29) is 18.4 Å². The third-order valence-corrected chi connectivity index (χ3v) is 4.17. The van der Waals surface area contributed by atoms with E-state index >= 15 is 0 Å². The summed E-state index contributed by atoms with van der Waals surface area (Å²) in [6.07, 6.45) is 2.46. The van der Waals surface area contributed by atoms with Crippen LogP contribution in [0.15, 0.2) is 18.2 Å². The highest BCUT2D eigenvalue weighted by Crippen LogP contribution is 2.27. The minimum atomic E-state index is 0. The molecule has 0 aliphatic carbocycles. The van der Waals surface area contributed by atoms with Crippen molar-refractivity contribution >= 4 is 12.4 Å². The number of piperidine rings is 1. The van der Waals surface area contributed by atoms with Crippen LogP contribution in [0.5, 0.6) is 11.5 Å². The molecule has 120 valence electrons. The standard InChI is InChI=1S/C16H26N2O2.ClH/c1-12(17)13-5-4-8-18(10-13)11-14-9-15(19-2)6-7-16(14)20-3;/h6-7,9,12-13H,4-5,8,10-11,17H2,1-3H3;1H. The van der Waals surface area contributed by atoms with Gasteiger partial charge in [-0.2, -0.15) is 0 Å². The Bertz CT molecular complexity index is 440. The second-order valence-electron chi connectivity index (χ2n) is 5.67. The molecular weight excluding hydrogens is 288 g/mol. The van der Waals surface area contributed by atoms with Gasteiger partial charge in [0.2, 0.25) is 0 Å². The molecule has 2 unspecified atom stereocenters. The normalized spacial score (nSPS) is 20.5. The van der Waals surface area contributed by atoms with E-state index < -0.39 is 0 Å². The number of nitrogens with two attached hydrogens (primary N) is 1. The molecule has 2 atom stereocenters. The van der Waals surface area contributed by atoms with E-state index in [1.54, 1.807) is 14.2 Å². The number of rotatable bonds is 5. The highest BCUT2D eigenvalue weighted by Gasteiger charge is 2.23. The molecule has 1 saturated heterocycles. The molecule has 2 rings (SSSR count). The molecule has 0 aromatic heterocycles. The van der Waals surface area contributed by atoms with E-state index in [2.05, 4.69) is 17.9 Å². The Labute approximate surface area is 134 Å². The van der Waals surface area contributed by atoms with E-state index in [0.717, 1.165) is 31.1 Å². The molecule has 1 heterocycles. The summed E-state index contributed by atoms with van der Waals surface area (Å²) in [6.45, 7) is 5.20. The van der Waals surface area contributed by atoms with Crippen molar-refractivity contribution in [3.63, 3.8) is 0 Å². The smallest absolute Gasteiger partial charge is 0.123 e. The minimum Gasteiger partial charge on any atom is -0.497 e. The Balaban J connectivity index is 0.00000220. The number of halogens is 1. The molecule has 5 heteroatoms. The monoisotopic (exact) mass is 314 g/mol. The van der Waals surface area contributed by atoms with Gasteiger partial charge >= 0.3 is 0 Å². The lowest BCUT2D eigenvalue weighted by Gasteiger charge is -2.34. The summed E-state index contributed by atoms with van der Waals surface area (Å²) in [4.78, 5) is 2.47. The Morgan fingerprint density at radius 2 is 2.10 bits per heavy atom. The molecule has 4 nitrogen and oxygen atoms in total. The maximum atomic E-state index is 6.05. The fraction of sp³-hybridized carbons (Fsp3) is 0.625. The summed E-state index contributed by atoms with van der Waals surface area (Å²) in [5.74, 6) is 2.40. The van der Waals surface area contributed by atoms with E-state index in [1.165, 1.54) is 18.4 Å². The van der Waals surface area contributed by atoms with Crippen molar-refractivity contribution in [3.05, 3.63) is 23.8 Å². The molecular formula is C16H27ClN2O2. The van der Waals surface area contributed by atoms with Gasteiger partial charge < -0.3 is 15.2 Å². The van der Waals surface area contributed by atoms with Gasteiger partial charge in [-0.3, -0.25) is 4.90 Å². The van der Waals surface area contributed by atoms with Crippen LogP contribution in [-0.2, 0) is 6.54 Å². The maximum absolute atomic E-state index is 6.05. The van der Waals surface area contributed by atoms with Crippen LogP contribution in [0.4, 0.5) is 0 Å². The second kappa shape index (κ2) is 8.47. The van der Waals surface area contributed by atoms with Crippen LogP contribution in [0.3, 0.4) is 0 Å².